The van der Waals surface area contributed by atoms with Crippen LogP contribution in [0.1, 0.15) is 23.8 Å². The molecule has 0 radical (unpaired) electrons. The first kappa shape index (κ1) is 11.0. The Kier molecular flexibility index (Phi) is 2.85. The van der Waals surface area contributed by atoms with Gasteiger partial charge < -0.3 is 20.9 Å². The molecule has 0 saturated heterocycles. The summed E-state index contributed by atoms with van der Waals surface area (Å²) in [6.45, 7) is 2.30. The number of phenols is 1. The normalized spacial score (nSPS) is 13.2. The molecule has 1 aromatic carbocycles. The smallest absolute Gasteiger partial charge is 0.125 e. The van der Waals surface area contributed by atoms with E-state index in [2.05, 4.69) is 4.98 Å². The SMILES string of the molecule is Cc1[nH]c2cccc(O)c2c1C(O)CCN. The van der Waals surface area contributed by atoms with Gasteiger partial charge in [0.2, 0.25) is 0 Å². The zero-order valence-corrected chi connectivity index (χ0v) is 9.20. The van der Waals surface area contributed by atoms with Crippen LogP contribution in [0.4, 0.5) is 0 Å². The van der Waals surface area contributed by atoms with Crippen molar-refractivity contribution >= 4 is 10.9 Å². The second-order valence-electron chi connectivity index (χ2n) is 3.96. The molecule has 1 atom stereocenters. The van der Waals surface area contributed by atoms with Gasteiger partial charge in [-0.3, -0.25) is 0 Å². The molecular formula is C12H16N2O2. The minimum Gasteiger partial charge on any atom is -0.507 e. The van der Waals surface area contributed by atoms with Gasteiger partial charge in [0.15, 0.2) is 0 Å². The van der Waals surface area contributed by atoms with Gasteiger partial charge in [0.25, 0.3) is 0 Å². The number of hydrogen-bond donors (Lipinski definition) is 4. The van der Waals surface area contributed by atoms with E-state index in [1.54, 1.807) is 12.1 Å². The highest BCUT2D eigenvalue weighted by atomic mass is 16.3. The van der Waals surface area contributed by atoms with Gasteiger partial charge in [0, 0.05) is 22.2 Å². The largest absolute Gasteiger partial charge is 0.507 e. The molecule has 0 bridgehead atoms. The summed E-state index contributed by atoms with van der Waals surface area (Å²) in [6, 6.07) is 5.27. The van der Waals surface area contributed by atoms with Gasteiger partial charge in [0.05, 0.1) is 6.10 Å². The van der Waals surface area contributed by atoms with E-state index >= 15 is 0 Å². The standard InChI is InChI=1S/C12H16N2O2/c1-7-11(10(16)5-6-13)12-8(14-7)3-2-4-9(12)15/h2-4,10,14-16H,5-6,13H2,1H3. The fraction of sp³-hybridized carbons (Fsp3) is 0.333. The van der Waals surface area contributed by atoms with Gasteiger partial charge in [-0.05, 0) is 32.0 Å². The van der Waals surface area contributed by atoms with E-state index in [1.165, 1.54) is 0 Å². The van der Waals surface area contributed by atoms with Crippen molar-refractivity contribution in [1.29, 1.82) is 0 Å². The number of benzene rings is 1. The highest BCUT2D eigenvalue weighted by Crippen LogP contribution is 2.34. The number of aromatic nitrogens is 1. The van der Waals surface area contributed by atoms with Crippen molar-refractivity contribution in [2.24, 2.45) is 5.73 Å². The van der Waals surface area contributed by atoms with Crippen LogP contribution in [-0.4, -0.2) is 21.7 Å². The number of H-pyrrole nitrogens is 1. The molecule has 5 N–H and O–H groups in total. The Morgan fingerprint density at radius 3 is 2.88 bits per heavy atom. The Hall–Kier alpha value is -1.52. The van der Waals surface area contributed by atoms with Gasteiger partial charge in [-0.15, -0.1) is 0 Å². The summed E-state index contributed by atoms with van der Waals surface area (Å²) in [6.07, 6.45) is -0.144. The second kappa shape index (κ2) is 4.15. The average Bonchev–Trinajstić information content (AvgIpc) is 2.56. The molecule has 1 aromatic heterocycles. The first-order valence-electron chi connectivity index (χ1n) is 5.33. The number of phenolic OH excluding ortho intramolecular Hbond substituents is 1. The maximum Gasteiger partial charge on any atom is 0.125 e. The minimum atomic E-state index is -0.632. The van der Waals surface area contributed by atoms with E-state index in [-0.39, 0.29) is 5.75 Å². The Balaban J connectivity index is 2.63. The van der Waals surface area contributed by atoms with Crippen LogP contribution >= 0.6 is 0 Å². The summed E-state index contributed by atoms with van der Waals surface area (Å²) in [7, 11) is 0. The lowest BCUT2D eigenvalue weighted by Crippen LogP contribution is -2.07. The van der Waals surface area contributed by atoms with E-state index in [1.807, 2.05) is 13.0 Å². The summed E-state index contributed by atoms with van der Waals surface area (Å²) in [5.41, 5.74) is 7.89. The monoisotopic (exact) mass is 220 g/mol. The lowest BCUT2D eigenvalue weighted by atomic mass is 10.0. The van der Waals surface area contributed by atoms with Crippen LogP contribution in [0, 0.1) is 6.92 Å². The van der Waals surface area contributed by atoms with Crippen LogP contribution < -0.4 is 5.73 Å². The number of fused-ring (bicyclic) bond motifs is 1. The first-order chi connectivity index (χ1) is 7.65. The Morgan fingerprint density at radius 2 is 2.19 bits per heavy atom. The number of rotatable bonds is 3. The number of nitrogens with two attached hydrogens (primary N) is 1. The van der Waals surface area contributed by atoms with Crippen LogP contribution in [0.5, 0.6) is 5.75 Å². The van der Waals surface area contributed by atoms with Gasteiger partial charge >= 0.3 is 0 Å². The van der Waals surface area contributed by atoms with Crippen LogP contribution in [0.2, 0.25) is 0 Å². The van der Waals surface area contributed by atoms with Crippen molar-refractivity contribution in [3.05, 3.63) is 29.5 Å². The van der Waals surface area contributed by atoms with Gasteiger partial charge in [-0.2, -0.15) is 0 Å². The third kappa shape index (κ3) is 1.66. The topological polar surface area (TPSA) is 82.3 Å². The molecule has 0 aliphatic carbocycles. The number of aryl methyl sites for hydroxylation is 1. The van der Waals surface area contributed by atoms with Crippen LogP contribution in [0.15, 0.2) is 18.2 Å². The number of hydrogen-bond acceptors (Lipinski definition) is 3. The molecule has 0 saturated carbocycles. The predicted octanol–water partition coefficient (Wildman–Crippen LogP) is 1.56. The lowest BCUT2D eigenvalue weighted by Gasteiger charge is -2.10. The lowest BCUT2D eigenvalue weighted by molar-refractivity contribution is 0.171. The Labute approximate surface area is 93.7 Å². The summed E-state index contributed by atoms with van der Waals surface area (Å²) in [5, 5.41) is 20.5. The summed E-state index contributed by atoms with van der Waals surface area (Å²) in [4.78, 5) is 3.15. The van der Waals surface area contributed by atoms with Crippen molar-refractivity contribution in [1.82, 2.24) is 4.98 Å². The predicted molar refractivity (Wildman–Crippen MR) is 63.3 cm³/mol. The number of aliphatic hydroxyl groups excluding tert-OH is 1. The minimum absolute atomic E-state index is 0.188. The van der Waals surface area contributed by atoms with Crippen molar-refractivity contribution in [2.75, 3.05) is 6.54 Å². The Bertz CT molecular complexity index is 505. The summed E-state index contributed by atoms with van der Waals surface area (Å²) < 4.78 is 0. The zero-order chi connectivity index (χ0) is 11.7. The van der Waals surface area contributed by atoms with E-state index in [4.69, 9.17) is 5.73 Å². The third-order valence-corrected chi connectivity index (χ3v) is 2.81. The molecule has 0 amide bonds. The van der Waals surface area contributed by atoms with E-state index in [0.717, 1.165) is 16.8 Å². The van der Waals surface area contributed by atoms with Gasteiger partial charge in [-0.25, -0.2) is 0 Å². The molecule has 4 heteroatoms. The maximum absolute atomic E-state index is 10.0. The molecule has 2 rings (SSSR count). The molecule has 0 aliphatic heterocycles. The molecule has 1 unspecified atom stereocenters. The molecule has 86 valence electrons. The van der Waals surface area contributed by atoms with Crippen molar-refractivity contribution in [2.45, 2.75) is 19.4 Å². The van der Waals surface area contributed by atoms with Gasteiger partial charge in [0.1, 0.15) is 5.75 Å². The molecule has 2 aromatic rings. The van der Waals surface area contributed by atoms with Crippen molar-refractivity contribution in [3.8, 4) is 5.75 Å². The fourth-order valence-corrected chi connectivity index (χ4v) is 2.10. The number of nitrogens with one attached hydrogen (secondary N) is 1. The zero-order valence-electron chi connectivity index (χ0n) is 9.20. The van der Waals surface area contributed by atoms with Crippen molar-refractivity contribution < 1.29 is 10.2 Å². The van der Waals surface area contributed by atoms with E-state index < -0.39 is 6.10 Å². The molecule has 4 nitrogen and oxygen atoms in total. The molecule has 0 aliphatic rings. The molecule has 16 heavy (non-hydrogen) atoms. The average molecular weight is 220 g/mol. The highest BCUT2D eigenvalue weighted by molar-refractivity contribution is 5.90. The van der Waals surface area contributed by atoms with E-state index in [0.29, 0.717) is 18.4 Å². The van der Waals surface area contributed by atoms with Crippen LogP contribution in [0.25, 0.3) is 10.9 Å². The fourth-order valence-electron chi connectivity index (χ4n) is 2.10. The molecular weight excluding hydrogens is 204 g/mol. The van der Waals surface area contributed by atoms with Crippen molar-refractivity contribution in [3.63, 3.8) is 0 Å². The maximum atomic E-state index is 10.0. The highest BCUT2D eigenvalue weighted by Gasteiger charge is 2.18. The van der Waals surface area contributed by atoms with Gasteiger partial charge in [-0.1, -0.05) is 6.07 Å². The van der Waals surface area contributed by atoms with Crippen LogP contribution in [-0.2, 0) is 0 Å². The Morgan fingerprint density at radius 1 is 1.44 bits per heavy atom. The summed E-state index contributed by atoms with van der Waals surface area (Å²) in [5.74, 6) is 0.188. The number of aromatic amines is 1. The second-order valence-corrected chi connectivity index (χ2v) is 3.96. The number of aliphatic hydroxyl groups is 1. The summed E-state index contributed by atoms with van der Waals surface area (Å²) >= 11 is 0. The molecule has 0 spiro atoms. The number of aromatic hydroxyl groups is 1. The van der Waals surface area contributed by atoms with Crippen LogP contribution in [0.3, 0.4) is 0 Å². The third-order valence-electron chi connectivity index (χ3n) is 2.81. The molecule has 0 fully saturated rings. The first-order valence-corrected chi connectivity index (χ1v) is 5.33. The molecule has 1 heterocycles. The quantitative estimate of drug-likeness (QED) is 0.633. The van der Waals surface area contributed by atoms with E-state index in [9.17, 15) is 10.2 Å².